The molecule has 7 heteroatoms. The first kappa shape index (κ1) is 22.1. The van der Waals surface area contributed by atoms with Crippen molar-refractivity contribution in [1.82, 2.24) is 25.3 Å². The molecule has 25 heavy (non-hydrogen) atoms. The largest absolute Gasteiger partial charge is 0.394 e. The molecule has 1 rings (SSSR count). The molecular formula is C18H38N6S. The van der Waals surface area contributed by atoms with Gasteiger partial charge in [0.2, 0.25) is 0 Å². The predicted molar refractivity (Wildman–Crippen MR) is 111 cm³/mol. The molecule has 1 aliphatic rings. The Hall–Kier alpha value is -0.920. The van der Waals surface area contributed by atoms with E-state index in [9.17, 15) is 0 Å². The van der Waals surface area contributed by atoms with Crippen molar-refractivity contribution in [1.29, 1.82) is 5.41 Å². The van der Waals surface area contributed by atoms with Crippen LogP contribution in [0.4, 0.5) is 0 Å². The highest BCUT2D eigenvalue weighted by Crippen LogP contribution is 2.12. The van der Waals surface area contributed by atoms with Gasteiger partial charge in [-0.2, -0.15) is 11.8 Å². The first-order valence-corrected chi connectivity index (χ1v) is 10.7. The molecule has 1 fully saturated rings. The van der Waals surface area contributed by atoms with E-state index in [1.54, 1.807) is 0 Å². The van der Waals surface area contributed by atoms with Gasteiger partial charge in [0.05, 0.1) is 6.17 Å². The van der Waals surface area contributed by atoms with Crippen LogP contribution in [-0.2, 0) is 0 Å². The van der Waals surface area contributed by atoms with E-state index in [1.807, 2.05) is 37.0 Å². The van der Waals surface area contributed by atoms with Gasteiger partial charge < -0.3 is 15.1 Å². The molecule has 1 unspecified atom stereocenters. The van der Waals surface area contributed by atoms with Crippen LogP contribution in [0.1, 0.15) is 33.6 Å². The number of nitrogens with zero attached hydrogens (tertiary/aromatic N) is 3. The summed E-state index contributed by atoms with van der Waals surface area (Å²) in [6.07, 6.45) is 6.60. The zero-order valence-electron chi connectivity index (χ0n) is 16.7. The topological polar surface area (TPSA) is 57.6 Å². The van der Waals surface area contributed by atoms with Crippen LogP contribution in [0.15, 0.2) is 12.3 Å². The van der Waals surface area contributed by atoms with Gasteiger partial charge in [-0.25, -0.2) is 0 Å². The number of thioether (sulfide) groups is 1. The standard InChI is InChI=1S/C18H38N6S/c1-6-10-23(11-7-2)16(3)21-17(8-9-20-4)22(5)18(19)24-12-14-25-15-13-24/h8-9,16-17,19-21H,6-7,10-15H2,1-5H3/b9-8+,19-18?/t16-,17?/m0/s1. The molecule has 3 N–H and O–H groups in total. The van der Waals surface area contributed by atoms with Crippen LogP contribution >= 0.6 is 11.8 Å². The lowest BCUT2D eigenvalue weighted by Gasteiger charge is -2.39. The van der Waals surface area contributed by atoms with E-state index < -0.39 is 0 Å². The Labute approximate surface area is 158 Å². The Morgan fingerprint density at radius 3 is 2.36 bits per heavy atom. The summed E-state index contributed by atoms with van der Waals surface area (Å²) in [6.45, 7) is 10.8. The van der Waals surface area contributed by atoms with Crippen LogP contribution in [0.2, 0.25) is 0 Å². The van der Waals surface area contributed by atoms with Crippen LogP contribution in [-0.4, -0.2) is 84.8 Å². The number of likely N-dealkylation sites (N-methyl/N-ethyl adjacent to an activating group) is 1. The van der Waals surface area contributed by atoms with Gasteiger partial charge in [0.15, 0.2) is 5.96 Å². The number of hydrogen-bond acceptors (Lipinski definition) is 5. The molecule has 0 aromatic heterocycles. The van der Waals surface area contributed by atoms with E-state index in [1.165, 1.54) is 0 Å². The second-order valence-electron chi connectivity index (χ2n) is 6.51. The maximum absolute atomic E-state index is 8.60. The Kier molecular flexibility index (Phi) is 11.0. The SMILES string of the molecule is CCCN(CCC)[C@@H](C)NC(/C=C/NC)N(C)C(=N)N1CCSCC1. The molecule has 0 radical (unpaired) electrons. The summed E-state index contributed by atoms with van der Waals surface area (Å²) in [5.74, 6) is 2.82. The Balaban J connectivity index is 2.76. The zero-order chi connectivity index (χ0) is 18.7. The summed E-state index contributed by atoms with van der Waals surface area (Å²) < 4.78 is 0. The van der Waals surface area contributed by atoms with Crippen molar-refractivity contribution < 1.29 is 0 Å². The van der Waals surface area contributed by atoms with Crippen LogP contribution < -0.4 is 10.6 Å². The third-order valence-corrected chi connectivity index (χ3v) is 5.43. The van der Waals surface area contributed by atoms with Gasteiger partial charge >= 0.3 is 0 Å². The number of guanidine groups is 1. The molecule has 146 valence electrons. The molecule has 2 atom stereocenters. The quantitative estimate of drug-likeness (QED) is 0.311. The first-order chi connectivity index (χ1) is 12.0. The second kappa shape index (κ2) is 12.4. The third kappa shape index (κ3) is 7.46. The van der Waals surface area contributed by atoms with Crippen LogP contribution in [0.25, 0.3) is 0 Å². The minimum absolute atomic E-state index is 0.0132. The molecule has 1 saturated heterocycles. The van der Waals surface area contributed by atoms with Crippen molar-refractivity contribution in [3.63, 3.8) is 0 Å². The molecule has 1 aliphatic heterocycles. The minimum atomic E-state index is -0.0132. The van der Waals surface area contributed by atoms with E-state index in [2.05, 4.69) is 47.3 Å². The lowest BCUT2D eigenvalue weighted by Crippen LogP contribution is -2.57. The molecular weight excluding hydrogens is 332 g/mol. The highest BCUT2D eigenvalue weighted by molar-refractivity contribution is 7.99. The Bertz CT molecular complexity index is 391. The Morgan fingerprint density at radius 2 is 1.84 bits per heavy atom. The maximum Gasteiger partial charge on any atom is 0.195 e. The summed E-state index contributed by atoms with van der Waals surface area (Å²) in [5, 5.41) is 15.4. The monoisotopic (exact) mass is 370 g/mol. The summed E-state index contributed by atoms with van der Waals surface area (Å²) >= 11 is 1.97. The van der Waals surface area contributed by atoms with E-state index in [0.717, 1.165) is 50.5 Å². The van der Waals surface area contributed by atoms with Crippen LogP contribution in [0.3, 0.4) is 0 Å². The fraction of sp³-hybridized carbons (Fsp3) is 0.833. The highest BCUT2D eigenvalue weighted by atomic mass is 32.2. The minimum Gasteiger partial charge on any atom is -0.394 e. The summed E-state index contributed by atoms with van der Waals surface area (Å²) in [5.41, 5.74) is 0. The van der Waals surface area contributed by atoms with E-state index in [-0.39, 0.29) is 12.3 Å². The zero-order valence-corrected chi connectivity index (χ0v) is 17.5. The van der Waals surface area contributed by atoms with Crippen LogP contribution in [0, 0.1) is 5.41 Å². The number of hydrogen-bond donors (Lipinski definition) is 3. The van der Waals surface area contributed by atoms with E-state index >= 15 is 0 Å². The van der Waals surface area contributed by atoms with Gasteiger partial charge in [0, 0.05) is 38.7 Å². The molecule has 0 spiro atoms. The van der Waals surface area contributed by atoms with E-state index in [4.69, 9.17) is 5.41 Å². The molecule has 0 aliphatic carbocycles. The van der Waals surface area contributed by atoms with Gasteiger partial charge in [-0.05, 0) is 45.1 Å². The number of rotatable bonds is 10. The molecule has 1 heterocycles. The highest BCUT2D eigenvalue weighted by Gasteiger charge is 2.24. The average Bonchev–Trinajstić information content (AvgIpc) is 2.64. The van der Waals surface area contributed by atoms with Crippen molar-refractivity contribution >= 4 is 17.7 Å². The average molecular weight is 371 g/mol. The van der Waals surface area contributed by atoms with Gasteiger partial charge in [-0.3, -0.25) is 15.6 Å². The van der Waals surface area contributed by atoms with Crippen molar-refractivity contribution in [2.24, 2.45) is 0 Å². The molecule has 0 bridgehead atoms. The van der Waals surface area contributed by atoms with Crippen molar-refractivity contribution in [3.8, 4) is 0 Å². The summed E-state index contributed by atoms with van der Waals surface area (Å²) in [4.78, 5) is 6.70. The van der Waals surface area contributed by atoms with Crippen LogP contribution in [0.5, 0.6) is 0 Å². The lowest BCUT2D eigenvalue weighted by atomic mass is 10.3. The van der Waals surface area contributed by atoms with E-state index in [0.29, 0.717) is 5.96 Å². The van der Waals surface area contributed by atoms with Crippen molar-refractivity contribution in [3.05, 3.63) is 12.3 Å². The molecule has 0 aromatic rings. The predicted octanol–water partition coefficient (Wildman–Crippen LogP) is 2.02. The first-order valence-electron chi connectivity index (χ1n) is 9.53. The summed E-state index contributed by atoms with van der Waals surface area (Å²) in [7, 11) is 3.92. The fourth-order valence-electron chi connectivity index (χ4n) is 3.04. The molecule has 0 aromatic carbocycles. The van der Waals surface area contributed by atoms with Gasteiger partial charge in [0.1, 0.15) is 6.17 Å². The molecule has 0 amide bonds. The third-order valence-electron chi connectivity index (χ3n) is 4.49. The molecule has 6 nitrogen and oxygen atoms in total. The van der Waals surface area contributed by atoms with Crippen molar-refractivity contribution in [2.75, 3.05) is 51.8 Å². The van der Waals surface area contributed by atoms with Gasteiger partial charge in [-0.1, -0.05) is 13.8 Å². The van der Waals surface area contributed by atoms with Crippen molar-refractivity contribution in [2.45, 2.75) is 45.9 Å². The maximum atomic E-state index is 8.60. The van der Waals surface area contributed by atoms with Gasteiger partial charge in [0.25, 0.3) is 0 Å². The second-order valence-corrected chi connectivity index (χ2v) is 7.73. The normalized spacial score (nSPS) is 17.8. The number of nitrogens with one attached hydrogen (secondary N) is 3. The smallest absolute Gasteiger partial charge is 0.195 e. The molecule has 0 saturated carbocycles. The Morgan fingerprint density at radius 1 is 1.24 bits per heavy atom. The lowest BCUT2D eigenvalue weighted by molar-refractivity contribution is 0.147. The fourth-order valence-corrected chi connectivity index (χ4v) is 3.94. The summed E-state index contributed by atoms with van der Waals surface area (Å²) in [6, 6.07) is 0. The van der Waals surface area contributed by atoms with Gasteiger partial charge in [-0.15, -0.1) is 0 Å².